The third kappa shape index (κ3) is 7.54. The molecule has 252 valence electrons. The highest BCUT2D eigenvalue weighted by molar-refractivity contribution is 8.01. The Kier molecular flexibility index (Phi) is 10.5. The molecular formula is C36H43N7O4S. The molecule has 11 nitrogen and oxygen atoms in total. The number of anilines is 2. The lowest BCUT2D eigenvalue weighted by Crippen LogP contribution is -2.30. The Bertz CT molecular complexity index is 1770. The number of aromatic nitrogens is 4. The third-order valence-corrected chi connectivity index (χ3v) is 9.93. The van der Waals surface area contributed by atoms with Gasteiger partial charge in [0.1, 0.15) is 5.75 Å². The number of tetrazole rings is 1. The maximum Gasteiger partial charge on any atom is 0.270 e. The molecule has 0 fully saturated rings. The van der Waals surface area contributed by atoms with Crippen molar-refractivity contribution in [1.29, 1.82) is 0 Å². The fourth-order valence-corrected chi connectivity index (χ4v) is 6.02. The molecule has 12 heteroatoms. The molecule has 4 aromatic rings. The fourth-order valence-electron chi connectivity index (χ4n) is 5.07. The number of nitrogens with zero attached hydrogens (tertiary/aromatic N) is 6. The first-order valence-corrected chi connectivity index (χ1v) is 17.1. The smallest absolute Gasteiger partial charge is 0.270 e. The Morgan fingerprint density at radius 3 is 2.27 bits per heavy atom. The van der Waals surface area contributed by atoms with Gasteiger partial charge in [-0.15, -0.1) is 10.2 Å². The molecule has 1 atom stereocenters. The lowest BCUT2D eigenvalue weighted by atomic mass is 9.76. The number of benzene rings is 3. The maximum absolute atomic E-state index is 13.6. The van der Waals surface area contributed by atoms with Crippen molar-refractivity contribution in [2.45, 2.75) is 82.5 Å². The lowest BCUT2D eigenvalue weighted by Gasteiger charge is -2.30. The normalized spacial score (nSPS) is 15.0. The quantitative estimate of drug-likeness (QED) is 0.163. The summed E-state index contributed by atoms with van der Waals surface area (Å²) in [4.78, 5) is 26.6. The van der Waals surface area contributed by atoms with E-state index in [1.165, 1.54) is 10.6 Å². The van der Waals surface area contributed by atoms with Gasteiger partial charge in [-0.25, -0.2) is 0 Å². The van der Waals surface area contributed by atoms with Crippen molar-refractivity contribution in [3.8, 4) is 11.4 Å². The maximum atomic E-state index is 13.6. The highest BCUT2D eigenvalue weighted by Gasteiger charge is 2.40. The number of carbonyl (C=O) groups is 2. The molecule has 2 amide bonds. The van der Waals surface area contributed by atoms with Gasteiger partial charge in [0.05, 0.1) is 18.0 Å². The molecule has 1 unspecified atom stereocenters. The summed E-state index contributed by atoms with van der Waals surface area (Å²) in [7, 11) is 0. The van der Waals surface area contributed by atoms with Gasteiger partial charge in [-0.1, -0.05) is 83.6 Å². The molecule has 3 aromatic carbocycles. The Labute approximate surface area is 286 Å². The van der Waals surface area contributed by atoms with Crippen LogP contribution in [0.4, 0.5) is 11.4 Å². The molecule has 2 heterocycles. The van der Waals surface area contributed by atoms with Crippen molar-refractivity contribution >= 4 is 40.8 Å². The number of amides is 2. The van der Waals surface area contributed by atoms with Crippen molar-refractivity contribution in [3.05, 3.63) is 83.9 Å². The van der Waals surface area contributed by atoms with Gasteiger partial charge in [0.2, 0.25) is 11.1 Å². The van der Waals surface area contributed by atoms with Gasteiger partial charge < -0.3 is 14.8 Å². The zero-order chi connectivity index (χ0) is 34.5. The summed E-state index contributed by atoms with van der Waals surface area (Å²) in [6, 6.07) is 22.6. The largest absolute Gasteiger partial charge is 0.483 e. The van der Waals surface area contributed by atoms with Crippen molar-refractivity contribution in [2.24, 2.45) is 5.10 Å². The minimum atomic E-state index is -0.778. The second kappa shape index (κ2) is 14.6. The number of carbonyl (C=O) groups excluding carboxylic acids is 2. The van der Waals surface area contributed by atoms with Crippen LogP contribution in [-0.4, -0.2) is 56.4 Å². The number of hydrogen-bond acceptors (Lipinski definition) is 9. The van der Waals surface area contributed by atoms with E-state index in [9.17, 15) is 9.59 Å². The number of para-hydroxylation sites is 1. The molecule has 48 heavy (non-hydrogen) atoms. The molecule has 0 aliphatic carbocycles. The van der Waals surface area contributed by atoms with Crippen molar-refractivity contribution < 1.29 is 19.1 Å². The Morgan fingerprint density at radius 2 is 1.60 bits per heavy atom. The van der Waals surface area contributed by atoms with E-state index in [4.69, 9.17) is 9.47 Å². The number of hydrazone groups is 1. The third-order valence-electron chi connectivity index (χ3n) is 8.83. The molecule has 0 radical (unpaired) electrons. The highest BCUT2D eigenvalue weighted by Crippen LogP contribution is 2.38. The summed E-state index contributed by atoms with van der Waals surface area (Å²) in [5, 5.41) is 20.3. The van der Waals surface area contributed by atoms with Crippen LogP contribution in [0.1, 0.15) is 72.4 Å². The minimum absolute atomic E-state index is 0.0384. The molecule has 1 aromatic heterocycles. The molecule has 0 saturated heterocycles. The van der Waals surface area contributed by atoms with Gasteiger partial charge in [-0.05, 0) is 89.1 Å². The molecule has 0 bridgehead atoms. The molecular weight excluding hydrogens is 627 g/mol. The molecule has 1 N–H and O–H groups in total. The standard InChI is InChI=1S/C36H43N7O4S/c1-8-35(4,5)24-16-21-29(28(22-24)36(6,7)9-2)47-23-30(44)37-25-17-19-27(20-18-25)42-33(45)31(32(39-42)46-10-3)48-34-38-40-41-43(34)26-14-12-11-13-15-26/h11-22,31H,8-10,23H2,1-7H3,(H,37,44). The Balaban J connectivity index is 1.25. The van der Waals surface area contributed by atoms with E-state index >= 15 is 0 Å². The predicted molar refractivity (Wildman–Crippen MR) is 189 cm³/mol. The number of nitrogens with one attached hydrogen (secondary N) is 1. The summed E-state index contributed by atoms with van der Waals surface area (Å²) in [6.45, 7) is 15.3. The number of thioether (sulfide) groups is 1. The van der Waals surface area contributed by atoms with Gasteiger partial charge in [-0.3, -0.25) is 9.59 Å². The molecule has 0 saturated carbocycles. The zero-order valence-electron chi connectivity index (χ0n) is 28.6. The van der Waals surface area contributed by atoms with E-state index in [1.54, 1.807) is 28.9 Å². The number of hydrogen-bond donors (Lipinski definition) is 1. The van der Waals surface area contributed by atoms with E-state index < -0.39 is 5.25 Å². The summed E-state index contributed by atoms with van der Waals surface area (Å²) < 4.78 is 13.4. The van der Waals surface area contributed by atoms with E-state index in [-0.39, 0.29) is 35.1 Å². The first kappa shape index (κ1) is 34.6. The topological polar surface area (TPSA) is 124 Å². The van der Waals surface area contributed by atoms with Gasteiger partial charge in [0, 0.05) is 11.3 Å². The van der Waals surface area contributed by atoms with Crippen molar-refractivity contribution in [1.82, 2.24) is 20.2 Å². The summed E-state index contributed by atoms with van der Waals surface area (Å²) >= 11 is 1.16. The van der Waals surface area contributed by atoms with Crippen LogP contribution < -0.4 is 15.1 Å². The molecule has 5 rings (SSSR count). The van der Waals surface area contributed by atoms with Gasteiger partial charge in [0.15, 0.2) is 11.9 Å². The number of rotatable bonds is 13. The predicted octanol–water partition coefficient (Wildman–Crippen LogP) is 6.91. The van der Waals surface area contributed by atoms with Crippen molar-refractivity contribution in [3.63, 3.8) is 0 Å². The van der Waals surface area contributed by atoms with Crippen LogP contribution >= 0.6 is 11.8 Å². The average molecular weight is 670 g/mol. The fraction of sp³-hybridized carbons (Fsp3) is 0.389. The average Bonchev–Trinajstić information content (AvgIpc) is 3.69. The van der Waals surface area contributed by atoms with Crippen molar-refractivity contribution in [2.75, 3.05) is 23.5 Å². The highest BCUT2D eigenvalue weighted by atomic mass is 32.2. The first-order chi connectivity index (χ1) is 23.0. The Hall–Kier alpha value is -4.71. The molecule has 0 spiro atoms. The SMILES string of the molecule is CCOC1=NN(c2ccc(NC(=O)COc3ccc(C(C)(C)CC)cc3C(C)(C)CC)cc2)C(=O)C1Sc1nnnn1-c1ccccc1. The summed E-state index contributed by atoms with van der Waals surface area (Å²) in [6.07, 6.45) is 1.95. The van der Waals surface area contributed by atoms with E-state index in [2.05, 4.69) is 79.6 Å². The molecule has 1 aliphatic rings. The second-order valence-electron chi connectivity index (χ2n) is 12.8. The van der Waals surface area contributed by atoms with Gasteiger partial charge in [0.25, 0.3) is 11.8 Å². The van der Waals surface area contributed by atoms with E-state index in [0.29, 0.717) is 28.9 Å². The van der Waals surface area contributed by atoms with Crippen LogP contribution in [0.25, 0.3) is 5.69 Å². The van der Waals surface area contributed by atoms with Crippen LogP contribution in [0, 0.1) is 0 Å². The van der Waals surface area contributed by atoms with E-state index in [0.717, 1.165) is 35.9 Å². The Morgan fingerprint density at radius 1 is 0.896 bits per heavy atom. The van der Waals surface area contributed by atoms with Crippen LogP contribution in [0.15, 0.2) is 83.1 Å². The minimum Gasteiger partial charge on any atom is -0.483 e. The van der Waals surface area contributed by atoms with Crippen LogP contribution in [0.3, 0.4) is 0 Å². The van der Waals surface area contributed by atoms with Gasteiger partial charge >= 0.3 is 0 Å². The van der Waals surface area contributed by atoms with Gasteiger partial charge in [-0.2, -0.15) is 9.69 Å². The second-order valence-corrected chi connectivity index (χ2v) is 13.9. The number of ether oxygens (including phenoxy) is 2. The van der Waals surface area contributed by atoms with Crippen LogP contribution in [0.5, 0.6) is 5.75 Å². The summed E-state index contributed by atoms with van der Waals surface area (Å²) in [5.41, 5.74) is 4.13. The molecule has 1 aliphatic heterocycles. The van der Waals surface area contributed by atoms with Crippen LogP contribution in [-0.2, 0) is 25.2 Å². The monoisotopic (exact) mass is 669 g/mol. The zero-order valence-corrected chi connectivity index (χ0v) is 29.4. The lowest BCUT2D eigenvalue weighted by molar-refractivity contribution is -0.118. The first-order valence-electron chi connectivity index (χ1n) is 16.2. The van der Waals surface area contributed by atoms with Crippen LogP contribution in [0.2, 0.25) is 0 Å². The van der Waals surface area contributed by atoms with E-state index in [1.807, 2.05) is 43.3 Å². The summed E-state index contributed by atoms with van der Waals surface area (Å²) in [5.74, 6) is 0.392.